The van der Waals surface area contributed by atoms with E-state index < -0.39 is 11.0 Å². The molecule has 2 unspecified atom stereocenters. The summed E-state index contributed by atoms with van der Waals surface area (Å²) in [7, 11) is 0. The van der Waals surface area contributed by atoms with Crippen molar-refractivity contribution in [2.45, 2.75) is 56.7 Å². The van der Waals surface area contributed by atoms with Gasteiger partial charge in [0.05, 0.1) is 23.3 Å². The fourth-order valence-corrected chi connectivity index (χ4v) is 2.92. The number of aromatic nitrogens is 1. The van der Waals surface area contributed by atoms with Crippen molar-refractivity contribution in [1.82, 2.24) is 9.88 Å². The summed E-state index contributed by atoms with van der Waals surface area (Å²) in [4.78, 5) is 22.8. The van der Waals surface area contributed by atoms with E-state index in [4.69, 9.17) is 0 Å². The van der Waals surface area contributed by atoms with Gasteiger partial charge in [0.15, 0.2) is 0 Å². The molecule has 21 heavy (non-hydrogen) atoms. The molecule has 0 radical (unpaired) electrons. The Balaban J connectivity index is 1.78. The number of hydrogen-bond donors (Lipinski definition) is 2. The van der Waals surface area contributed by atoms with Gasteiger partial charge in [0.2, 0.25) is 0 Å². The summed E-state index contributed by atoms with van der Waals surface area (Å²) in [6.45, 7) is 0. The normalized spacial score (nSPS) is 25.6. The van der Waals surface area contributed by atoms with E-state index >= 15 is 0 Å². The monoisotopic (exact) mass is 293 g/mol. The van der Waals surface area contributed by atoms with E-state index in [2.05, 4.69) is 5.32 Å². The topological polar surface area (TPSA) is 97.4 Å². The van der Waals surface area contributed by atoms with Crippen molar-refractivity contribution in [1.29, 1.82) is 0 Å². The van der Waals surface area contributed by atoms with Crippen LogP contribution in [0.1, 0.15) is 55.1 Å². The first kappa shape index (κ1) is 14.1. The molecule has 0 aromatic carbocycles. The van der Waals surface area contributed by atoms with Gasteiger partial charge in [0, 0.05) is 12.1 Å². The molecule has 1 heterocycles. The number of nitro groups is 1. The van der Waals surface area contributed by atoms with Gasteiger partial charge in [-0.1, -0.05) is 12.8 Å². The maximum atomic E-state index is 12.4. The number of nitrogens with zero attached hydrogens (tertiary/aromatic N) is 2. The molecule has 0 bridgehead atoms. The minimum absolute atomic E-state index is 0.0590. The fourth-order valence-electron chi connectivity index (χ4n) is 2.92. The predicted octanol–water partition coefficient (Wildman–Crippen LogP) is 1.76. The van der Waals surface area contributed by atoms with E-state index in [0.29, 0.717) is 12.1 Å². The molecule has 2 aliphatic carbocycles. The Morgan fingerprint density at radius 2 is 2.05 bits per heavy atom. The lowest BCUT2D eigenvalue weighted by atomic mass is 9.92. The van der Waals surface area contributed by atoms with Crippen molar-refractivity contribution >= 4 is 11.6 Å². The quantitative estimate of drug-likeness (QED) is 0.653. The highest BCUT2D eigenvalue weighted by molar-refractivity contribution is 5.94. The third-order valence-corrected chi connectivity index (χ3v) is 4.26. The van der Waals surface area contributed by atoms with E-state index in [0.717, 1.165) is 32.1 Å². The zero-order chi connectivity index (χ0) is 15.0. The van der Waals surface area contributed by atoms with Crippen LogP contribution in [-0.2, 0) is 0 Å². The highest BCUT2D eigenvalue weighted by Gasteiger charge is 2.32. The van der Waals surface area contributed by atoms with Crippen LogP contribution in [0.2, 0.25) is 0 Å². The number of aliphatic hydroxyl groups excluding tert-OH is 1. The third kappa shape index (κ3) is 2.92. The van der Waals surface area contributed by atoms with Crippen molar-refractivity contribution in [3.05, 3.63) is 28.1 Å². The molecule has 0 aliphatic heterocycles. The van der Waals surface area contributed by atoms with Gasteiger partial charge in [-0.25, -0.2) is 0 Å². The zero-order valence-corrected chi connectivity index (χ0v) is 11.7. The number of amides is 1. The van der Waals surface area contributed by atoms with E-state index in [1.807, 2.05) is 0 Å². The van der Waals surface area contributed by atoms with Crippen LogP contribution in [0.15, 0.2) is 12.3 Å². The summed E-state index contributed by atoms with van der Waals surface area (Å²) in [5.41, 5.74) is 0.262. The predicted molar refractivity (Wildman–Crippen MR) is 75.1 cm³/mol. The number of nitrogens with one attached hydrogen (secondary N) is 1. The van der Waals surface area contributed by atoms with E-state index in [1.165, 1.54) is 12.3 Å². The molecule has 114 valence electrons. The lowest BCUT2D eigenvalue weighted by molar-refractivity contribution is -0.384. The first-order chi connectivity index (χ1) is 10.1. The van der Waals surface area contributed by atoms with Crippen molar-refractivity contribution in [2.24, 2.45) is 0 Å². The van der Waals surface area contributed by atoms with Crippen LogP contribution >= 0.6 is 0 Å². The molecule has 2 saturated carbocycles. The second-order valence-electron chi connectivity index (χ2n) is 5.91. The van der Waals surface area contributed by atoms with Gasteiger partial charge in [-0.2, -0.15) is 0 Å². The summed E-state index contributed by atoms with van der Waals surface area (Å²) in [5, 5.41) is 23.6. The second kappa shape index (κ2) is 5.48. The number of rotatable bonds is 4. The van der Waals surface area contributed by atoms with Gasteiger partial charge in [0.25, 0.3) is 11.6 Å². The molecule has 2 aliphatic rings. The fraction of sp³-hybridized carbons (Fsp3) is 0.643. The number of aliphatic hydroxyl groups is 1. The Bertz CT molecular complexity index is 565. The Labute approximate surface area is 122 Å². The summed E-state index contributed by atoms with van der Waals surface area (Å²) < 4.78 is 1.70. The van der Waals surface area contributed by atoms with Gasteiger partial charge in [0.1, 0.15) is 5.69 Å². The van der Waals surface area contributed by atoms with Crippen molar-refractivity contribution < 1.29 is 14.8 Å². The van der Waals surface area contributed by atoms with Crippen molar-refractivity contribution in [3.63, 3.8) is 0 Å². The molecule has 0 spiro atoms. The average molecular weight is 293 g/mol. The SMILES string of the molecule is O=C(NC1CCCCC1O)c1cc([N+](=O)[O-])cn1C1CC1. The molecular weight excluding hydrogens is 274 g/mol. The van der Waals surface area contributed by atoms with Gasteiger partial charge in [-0.15, -0.1) is 0 Å². The summed E-state index contributed by atoms with van der Waals surface area (Å²) in [6, 6.07) is 1.26. The van der Waals surface area contributed by atoms with Gasteiger partial charge in [-0.05, 0) is 25.7 Å². The van der Waals surface area contributed by atoms with Gasteiger partial charge >= 0.3 is 0 Å². The molecule has 0 saturated heterocycles. The van der Waals surface area contributed by atoms with E-state index in [-0.39, 0.29) is 23.7 Å². The Kier molecular flexibility index (Phi) is 3.67. The molecule has 7 heteroatoms. The van der Waals surface area contributed by atoms with Crippen LogP contribution in [0.4, 0.5) is 5.69 Å². The lowest BCUT2D eigenvalue weighted by Gasteiger charge is -2.28. The average Bonchev–Trinajstić information content (AvgIpc) is 3.19. The van der Waals surface area contributed by atoms with Gasteiger partial charge < -0.3 is 15.0 Å². The highest BCUT2D eigenvalue weighted by atomic mass is 16.6. The van der Waals surface area contributed by atoms with Gasteiger partial charge in [-0.3, -0.25) is 14.9 Å². The van der Waals surface area contributed by atoms with Crippen LogP contribution in [0.3, 0.4) is 0 Å². The van der Waals surface area contributed by atoms with Crippen molar-refractivity contribution in [2.75, 3.05) is 0 Å². The first-order valence-electron chi connectivity index (χ1n) is 7.41. The molecule has 2 N–H and O–H groups in total. The molecule has 2 atom stereocenters. The second-order valence-corrected chi connectivity index (χ2v) is 5.91. The minimum Gasteiger partial charge on any atom is -0.391 e. The lowest BCUT2D eigenvalue weighted by Crippen LogP contribution is -2.45. The third-order valence-electron chi connectivity index (χ3n) is 4.26. The Morgan fingerprint density at radius 3 is 2.67 bits per heavy atom. The van der Waals surface area contributed by atoms with Crippen LogP contribution < -0.4 is 5.32 Å². The molecular formula is C14H19N3O4. The molecule has 2 fully saturated rings. The maximum Gasteiger partial charge on any atom is 0.287 e. The standard InChI is InChI=1S/C14H19N3O4/c18-13-4-2-1-3-11(13)15-14(19)12-7-10(17(20)21)8-16(12)9-5-6-9/h7-9,11,13,18H,1-6H2,(H,15,19). The van der Waals surface area contributed by atoms with Crippen LogP contribution in [-0.4, -0.2) is 32.6 Å². The van der Waals surface area contributed by atoms with Crippen LogP contribution in [0, 0.1) is 10.1 Å². The van der Waals surface area contributed by atoms with E-state index in [1.54, 1.807) is 4.57 Å². The smallest absolute Gasteiger partial charge is 0.287 e. The number of carbonyl (C=O) groups is 1. The molecule has 1 aromatic heterocycles. The highest BCUT2D eigenvalue weighted by Crippen LogP contribution is 2.38. The minimum atomic E-state index is -0.526. The van der Waals surface area contributed by atoms with Crippen molar-refractivity contribution in [3.8, 4) is 0 Å². The summed E-state index contributed by atoms with van der Waals surface area (Å²) in [6.07, 6.45) is 6.18. The Hall–Kier alpha value is -1.89. The van der Waals surface area contributed by atoms with E-state index in [9.17, 15) is 20.0 Å². The van der Waals surface area contributed by atoms with Crippen LogP contribution in [0.25, 0.3) is 0 Å². The first-order valence-corrected chi connectivity index (χ1v) is 7.41. The number of hydrogen-bond acceptors (Lipinski definition) is 4. The Morgan fingerprint density at radius 1 is 1.33 bits per heavy atom. The molecule has 7 nitrogen and oxygen atoms in total. The maximum absolute atomic E-state index is 12.4. The zero-order valence-electron chi connectivity index (χ0n) is 11.7. The largest absolute Gasteiger partial charge is 0.391 e. The molecule has 1 amide bonds. The van der Waals surface area contributed by atoms with Crippen LogP contribution in [0.5, 0.6) is 0 Å². The molecule has 3 rings (SSSR count). The molecule has 1 aromatic rings. The summed E-state index contributed by atoms with van der Waals surface area (Å²) in [5.74, 6) is -0.332. The number of carbonyl (C=O) groups excluding carboxylic acids is 1. The summed E-state index contributed by atoms with van der Waals surface area (Å²) >= 11 is 0.